The molecule has 37 heavy (non-hydrogen) atoms. The van der Waals surface area contributed by atoms with Crippen molar-refractivity contribution in [2.24, 2.45) is 0 Å². The van der Waals surface area contributed by atoms with Crippen LogP contribution in [0, 0.1) is 12.7 Å². The third-order valence-electron chi connectivity index (χ3n) is 6.24. The molecule has 0 aliphatic rings. The van der Waals surface area contributed by atoms with E-state index in [0.717, 1.165) is 22.0 Å². The number of pyridine rings is 1. The first kappa shape index (κ1) is 24.5. The molecule has 0 fully saturated rings. The number of aromatic amines is 1. The first-order valence-corrected chi connectivity index (χ1v) is 11.9. The first-order valence-electron chi connectivity index (χ1n) is 11.9. The molecule has 1 N–H and O–H groups in total. The van der Waals surface area contributed by atoms with Crippen LogP contribution in [0.3, 0.4) is 0 Å². The number of ether oxygens (including phenoxy) is 1. The van der Waals surface area contributed by atoms with Gasteiger partial charge in [-0.15, -0.1) is 5.10 Å². The molecule has 0 bridgehead atoms. The summed E-state index contributed by atoms with van der Waals surface area (Å²) in [4.78, 5) is 18.6. The van der Waals surface area contributed by atoms with Gasteiger partial charge in [-0.1, -0.05) is 23.8 Å². The van der Waals surface area contributed by atoms with E-state index in [4.69, 9.17) is 9.15 Å². The Morgan fingerprint density at radius 2 is 1.97 bits per heavy atom. The molecule has 0 spiro atoms. The van der Waals surface area contributed by atoms with Crippen LogP contribution < -0.4 is 5.56 Å². The minimum Gasteiger partial charge on any atom is -0.468 e. The molecule has 0 unspecified atom stereocenters. The second-order valence-electron chi connectivity index (χ2n) is 8.91. The Balaban J connectivity index is 1.68. The summed E-state index contributed by atoms with van der Waals surface area (Å²) < 4.78 is 26.2. The topological polar surface area (TPSA) is 102 Å². The molecule has 10 heteroatoms. The minimum absolute atomic E-state index is 0.244. The van der Waals surface area contributed by atoms with Gasteiger partial charge in [-0.05, 0) is 70.8 Å². The van der Waals surface area contributed by atoms with Crippen molar-refractivity contribution in [3.8, 4) is 0 Å². The predicted molar refractivity (Wildman–Crippen MR) is 135 cm³/mol. The van der Waals surface area contributed by atoms with Crippen LogP contribution in [0.4, 0.5) is 4.39 Å². The highest BCUT2D eigenvalue weighted by Crippen LogP contribution is 2.30. The zero-order chi connectivity index (χ0) is 25.8. The van der Waals surface area contributed by atoms with Gasteiger partial charge >= 0.3 is 0 Å². The molecule has 3 heterocycles. The Hall–Kier alpha value is -4.15. The van der Waals surface area contributed by atoms with Gasteiger partial charge in [-0.25, -0.2) is 9.07 Å². The van der Waals surface area contributed by atoms with Crippen LogP contribution in [0.2, 0.25) is 0 Å². The number of furan rings is 1. The van der Waals surface area contributed by atoms with Crippen LogP contribution >= 0.6 is 0 Å². The summed E-state index contributed by atoms with van der Waals surface area (Å²) in [5.74, 6) is 0.877. The molecule has 0 saturated carbocycles. The van der Waals surface area contributed by atoms with Crippen LogP contribution in [0.1, 0.15) is 34.3 Å². The molecule has 0 radical (unpaired) electrons. The standard InChI is InChI=1S/C27H27FN6O3/c1-18-5-10-24-20(14-18)15-23(27(35)29-24)25(26-30-31-32-34(26)11-13-36-2)33(17-22-4-3-12-37-22)16-19-6-8-21(28)9-7-19/h3-10,12,14-15,25H,11,13,16-17H2,1-2H3,(H,29,35)/t25-/m1/s1. The number of fused-ring (bicyclic) bond motifs is 1. The fourth-order valence-corrected chi connectivity index (χ4v) is 4.46. The predicted octanol–water partition coefficient (Wildman–Crippen LogP) is 3.99. The fraction of sp³-hybridized carbons (Fsp3) is 0.259. The number of tetrazole rings is 1. The zero-order valence-corrected chi connectivity index (χ0v) is 20.6. The number of H-pyrrole nitrogens is 1. The Bertz CT molecular complexity index is 1530. The van der Waals surface area contributed by atoms with E-state index in [0.29, 0.717) is 43.4 Å². The number of nitrogens with zero attached hydrogens (tertiary/aromatic N) is 5. The van der Waals surface area contributed by atoms with Crippen LogP contribution in [0.5, 0.6) is 0 Å². The van der Waals surface area contributed by atoms with E-state index < -0.39 is 6.04 Å². The van der Waals surface area contributed by atoms with Gasteiger partial charge in [0.05, 0.1) is 26.0 Å². The second-order valence-corrected chi connectivity index (χ2v) is 8.91. The number of methoxy groups -OCH3 is 1. The van der Waals surface area contributed by atoms with Crippen molar-refractivity contribution in [3.63, 3.8) is 0 Å². The summed E-state index contributed by atoms with van der Waals surface area (Å²) in [5, 5.41) is 13.3. The Morgan fingerprint density at radius 1 is 1.14 bits per heavy atom. The number of hydrogen-bond donors (Lipinski definition) is 1. The molecule has 5 aromatic rings. The number of hydrogen-bond acceptors (Lipinski definition) is 7. The molecule has 0 aliphatic carbocycles. The van der Waals surface area contributed by atoms with E-state index in [1.807, 2.05) is 48.2 Å². The fourth-order valence-electron chi connectivity index (χ4n) is 4.46. The highest BCUT2D eigenvalue weighted by molar-refractivity contribution is 5.79. The van der Waals surface area contributed by atoms with Crippen LogP contribution in [-0.2, 0) is 24.4 Å². The highest BCUT2D eigenvalue weighted by Gasteiger charge is 2.31. The molecule has 3 aromatic heterocycles. The van der Waals surface area contributed by atoms with Crippen LogP contribution in [0.15, 0.2) is 76.1 Å². The van der Waals surface area contributed by atoms with Crippen LogP contribution in [-0.4, -0.2) is 43.8 Å². The lowest BCUT2D eigenvalue weighted by molar-refractivity contribution is 0.163. The zero-order valence-electron chi connectivity index (χ0n) is 20.6. The van der Waals surface area contributed by atoms with Crippen molar-refractivity contribution in [2.45, 2.75) is 32.6 Å². The van der Waals surface area contributed by atoms with E-state index in [1.165, 1.54) is 12.1 Å². The number of rotatable bonds is 10. The van der Waals surface area contributed by atoms with Gasteiger partial charge in [0.15, 0.2) is 5.82 Å². The van der Waals surface area contributed by atoms with E-state index >= 15 is 0 Å². The quantitative estimate of drug-likeness (QED) is 0.308. The van der Waals surface area contributed by atoms with Gasteiger partial charge in [0.2, 0.25) is 0 Å². The van der Waals surface area contributed by atoms with E-state index in [1.54, 1.807) is 30.2 Å². The maximum Gasteiger partial charge on any atom is 0.253 e. The van der Waals surface area contributed by atoms with Crippen molar-refractivity contribution >= 4 is 10.9 Å². The summed E-state index contributed by atoms with van der Waals surface area (Å²) in [6, 6.07) is 17.1. The Morgan fingerprint density at radius 3 is 2.73 bits per heavy atom. The molecule has 0 amide bonds. The Labute approximate surface area is 212 Å². The summed E-state index contributed by atoms with van der Waals surface area (Å²) in [7, 11) is 1.61. The largest absolute Gasteiger partial charge is 0.468 e. The van der Waals surface area contributed by atoms with Crippen molar-refractivity contribution in [3.05, 3.63) is 111 Å². The Kier molecular flexibility index (Phi) is 7.20. The van der Waals surface area contributed by atoms with E-state index in [-0.39, 0.29) is 11.4 Å². The number of aryl methyl sites for hydroxylation is 1. The summed E-state index contributed by atoms with van der Waals surface area (Å²) >= 11 is 0. The molecule has 190 valence electrons. The SMILES string of the molecule is COCCn1nnnc1[C@@H](c1cc2cc(C)ccc2[nH]c1=O)N(Cc1ccc(F)cc1)Cc1ccco1. The van der Waals surface area contributed by atoms with Gasteiger partial charge in [-0.2, -0.15) is 0 Å². The lowest BCUT2D eigenvalue weighted by atomic mass is 10.0. The smallest absolute Gasteiger partial charge is 0.253 e. The number of benzene rings is 2. The molecule has 0 aliphatic heterocycles. The maximum absolute atomic E-state index is 13.7. The number of aromatic nitrogens is 5. The van der Waals surface area contributed by atoms with Gasteiger partial charge in [-0.3, -0.25) is 9.69 Å². The molecule has 1 atom stereocenters. The first-order chi connectivity index (χ1) is 18.0. The van der Waals surface area contributed by atoms with E-state index in [2.05, 4.69) is 20.5 Å². The van der Waals surface area contributed by atoms with Crippen molar-refractivity contribution < 1.29 is 13.5 Å². The molecule has 5 rings (SSSR count). The van der Waals surface area contributed by atoms with E-state index in [9.17, 15) is 9.18 Å². The molecule has 9 nitrogen and oxygen atoms in total. The van der Waals surface area contributed by atoms with Gasteiger partial charge < -0.3 is 14.1 Å². The van der Waals surface area contributed by atoms with Crippen LogP contribution in [0.25, 0.3) is 10.9 Å². The lowest BCUT2D eigenvalue weighted by Crippen LogP contribution is -2.35. The lowest BCUT2D eigenvalue weighted by Gasteiger charge is -2.30. The summed E-state index contributed by atoms with van der Waals surface area (Å²) in [5.41, 5.74) is 2.92. The summed E-state index contributed by atoms with van der Waals surface area (Å²) in [6.45, 7) is 3.55. The number of nitrogens with one attached hydrogen (secondary N) is 1. The number of halogens is 1. The second kappa shape index (κ2) is 10.9. The monoisotopic (exact) mass is 502 g/mol. The third-order valence-corrected chi connectivity index (χ3v) is 6.24. The van der Waals surface area contributed by atoms with Crippen molar-refractivity contribution in [2.75, 3.05) is 13.7 Å². The van der Waals surface area contributed by atoms with Gasteiger partial charge in [0.25, 0.3) is 5.56 Å². The van der Waals surface area contributed by atoms with Gasteiger partial charge in [0.1, 0.15) is 17.6 Å². The maximum atomic E-state index is 13.7. The average molecular weight is 503 g/mol. The average Bonchev–Trinajstić information content (AvgIpc) is 3.57. The molecule has 2 aromatic carbocycles. The summed E-state index contributed by atoms with van der Waals surface area (Å²) in [6.07, 6.45) is 1.61. The molecular formula is C27H27FN6O3. The molecular weight excluding hydrogens is 475 g/mol. The molecule has 0 saturated heterocycles. The minimum atomic E-state index is -0.643. The normalized spacial score (nSPS) is 12.4. The third kappa shape index (κ3) is 5.50. The highest BCUT2D eigenvalue weighted by atomic mass is 19.1. The van der Waals surface area contributed by atoms with Gasteiger partial charge in [0, 0.05) is 24.7 Å². The van der Waals surface area contributed by atoms with Crippen molar-refractivity contribution in [1.82, 2.24) is 30.1 Å². The van der Waals surface area contributed by atoms with Crippen molar-refractivity contribution in [1.29, 1.82) is 0 Å².